The molecular formula is C14H19Cl2O8P-2. The highest BCUT2D eigenvalue weighted by molar-refractivity contribution is 8.05. The lowest BCUT2D eigenvalue weighted by Crippen LogP contribution is -2.46. The zero-order valence-electron chi connectivity index (χ0n) is 13.4. The highest BCUT2D eigenvalue weighted by Gasteiger charge is 2.35. The van der Waals surface area contributed by atoms with Gasteiger partial charge in [-0.15, -0.1) is 0 Å². The maximum Gasteiger partial charge on any atom is 0.380 e. The normalized spacial score (nSPS) is 25.2. The monoisotopic (exact) mass is 416 g/mol. The predicted octanol–water partition coefficient (Wildman–Crippen LogP) is -0.0416. The summed E-state index contributed by atoms with van der Waals surface area (Å²) in [7, 11) is 0. The molecule has 1 aliphatic carbocycles. The molecule has 0 aromatic rings. The lowest BCUT2D eigenvalue weighted by Gasteiger charge is -2.37. The van der Waals surface area contributed by atoms with Crippen LogP contribution in [0.1, 0.15) is 19.8 Å². The topological polar surface area (TPSA) is 147 Å². The molecule has 0 atom stereocenters. The molecule has 0 aromatic heterocycles. The summed E-state index contributed by atoms with van der Waals surface area (Å²) < 4.78 is 14.4. The maximum absolute atomic E-state index is 11.1. The highest BCUT2D eigenvalue weighted by Crippen LogP contribution is 2.57. The van der Waals surface area contributed by atoms with Crippen molar-refractivity contribution in [2.24, 2.45) is 10.8 Å². The third-order valence-corrected chi connectivity index (χ3v) is 4.59. The molecule has 1 rings (SSSR count). The minimum atomic E-state index is -3.22. The van der Waals surface area contributed by atoms with E-state index < -0.39 is 28.8 Å². The molecule has 0 saturated carbocycles. The molecule has 0 aromatic carbocycles. The molecule has 0 radical (unpaired) electrons. The van der Waals surface area contributed by atoms with Gasteiger partial charge in [-0.3, -0.25) is 4.57 Å². The first kappa shape index (κ1) is 24.1. The molecule has 25 heavy (non-hydrogen) atoms. The van der Waals surface area contributed by atoms with Crippen LogP contribution in [0.25, 0.3) is 0 Å². The van der Waals surface area contributed by atoms with E-state index in [0.717, 1.165) is 0 Å². The van der Waals surface area contributed by atoms with Crippen molar-refractivity contribution < 1.29 is 39.1 Å². The van der Waals surface area contributed by atoms with Crippen molar-refractivity contribution in [3.05, 3.63) is 24.3 Å². The van der Waals surface area contributed by atoms with E-state index in [1.807, 2.05) is 0 Å². The number of aliphatic hydroxyl groups is 2. The third-order valence-electron chi connectivity index (χ3n) is 3.45. The van der Waals surface area contributed by atoms with Crippen LogP contribution in [0, 0.1) is 10.8 Å². The van der Waals surface area contributed by atoms with E-state index in [2.05, 4.69) is 4.52 Å². The Morgan fingerprint density at radius 2 is 1.32 bits per heavy atom. The molecule has 0 aliphatic heterocycles. The fraction of sp³-hybridized carbons (Fsp3) is 0.571. The lowest BCUT2D eigenvalue weighted by atomic mass is 9.72. The summed E-state index contributed by atoms with van der Waals surface area (Å²) in [6.07, 6.45) is 1.25. The van der Waals surface area contributed by atoms with Crippen LogP contribution in [-0.4, -0.2) is 42.0 Å². The molecule has 0 saturated heterocycles. The average Bonchev–Trinajstić information content (AvgIpc) is 2.49. The number of carboxylic acids is 2. The average molecular weight is 417 g/mol. The van der Waals surface area contributed by atoms with E-state index in [1.54, 1.807) is 6.92 Å². The molecule has 0 fully saturated rings. The highest BCUT2D eigenvalue weighted by atomic mass is 35.9. The van der Waals surface area contributed by atoms with E-state index in [-0.39, 0.29) is 32.7 Å². The van der Waals surface area contributed by atoms with E-state index in [9.17, 15) is 24.4 Å². The molecule has 144 valence electrons. The Bertz CT molecular complexity index is 519. The Balaban J connectivity index is 0.000000697. The van der Waals surface area contributed by atoms with E-state index in [1.165, 1.54) is 24.3 Å². The van der Waals surface area contributed by atoms with E-state index >= 15 is 0 Å². The van der Waals surface area contributed by atoms with Crippen molar-refractivity contribution in [2.45, 2.75) is 19.8 Å². The first-order valence-corrected chi connectivity index (χ1v) is 10.6. The fourth-order valence-corrected chi connectivity index (χ4v) is 2.92. The zero-order valence-corrected chi connectivity index (χ0v) is 15.8. The number of hydrogen-bond donors (Lipinski definition) is 2. The van der Waals surface area contributed by atoms with Crippen molar-refractivity contribution in [1.29, 1.82) is 0 Å². The second-order valence-corrected chi connectivity index (χ2v) is 9.38. The molecule has 0 bridgehead atoms. The summed E-state index contributed by atoms with van der Waals surface area (Å²) >= 11 is 9.86. The number of carbonyl (C=O) groups excluding carboxylic acids is 2. The van der Waals surface area contributed by atoms with Gasteiger partial charge >= 0.3 is 6.07 Å². The number of aliphatic carboxylic acids is 2. The molecule has 8 nitrogen and oxygen atoms in total. The Morgan fingerprint density at radius 1 is 1.00 bits per heavy atom. The second kappa shape index (κ2) is 10.3. The van der Waals surface area contributed by atoms with Gasteiger partial charge in [-0.05, 0) is 42.2 Å². The number of aliphatic hydroxyl groups excluding tert-OH is 2. The second-order valence-electron chi connectivity index (χ2n) is 5.10. The predicted molar refractivity (Wildman–Crippen MR) is 87.5 cm³/mol. The summed E-state index contributed by atoms with van der Waals surface area (Å²) in [5.74, 6) is -2.83. The van der Waals surface area contributed by atoms with Crippen molar-refractivity contribution in [1.82, 2.24) is 0 Å². The molecule has 11 heteroatoms. The van der Waals surface area contributed by atoms with Gasteiger partial charge in [0.2, 0.25) is 0 Å². The summed E-state index contributed by atoms with van der Waals surface area (Å²) in [5, 5.41) is 39.8. The van der Waals surface area contributed by atoms with E-state index in [4.69, 9.17) is 32.7 Å². The van der Waals surface area contributed by atoms with Crippen LogP contribution in [-0.2, 0) is 18.7 Å². The van der Waals surface area contributed by atoms with Crippen LogP contribution >= 0.6 is 28.6 Å². The minimum Gasteiger partial charge on any atom is -0.549 e. The van der Waals surface area contributed by atoms with Gasteiger partial charge in [0.15, 0.2) is 0 Å². The molecule has 1 aliphatic rings. The van der Waals surface area contributed by atoms with Gasteiger partial charge in [0, 0.05) is 24.0 Å². The Hall–Kier alpha value is -0.890. The van der Waals surface area contributed by atoms with Gasteiger partial charge < -0.3 is 34.5 Å². The van der Waals surface area contributed by atoms with Gasteiger partial charge in [-0.25, -0.2) is 0 Å². The Kier molecular flexibility index (Phi) is 9.94. The largest absolute Gasteiger partial charge is 0.549 e. The van der Waals surface area contributed by atoms with Crippen molar-refractivity contribution in [3.63, 3.8) is 0 Å². The molecule has 0 spiro atoms. The SMILES string of the molecule is CCOP(=O)(Cl)Cl.O=C([O-])C1(CCO)C=CC(CCO)(C(=O)[O-])C=C1. The summed E-state index contributed by atoms with van der Waals surface area (Å²) in [6, 6.07) is 0. The molecule has 0 heterocycles. The van der Waals surface area contributed by atoms with Crippen molar-refractivity contribution >= 4 is 40.5 Å². The summed E-state index contributed by atoms with van der Waals surface area (Å²) in [6.45, 7) is 1.20. The number of hydrogen-bond acceptors (Lipinski definition) is 8. The summed E-state index contributed by atoms with van der Waals surface area (Å²) in [5.41, 5.74) is -3.02. The third kappa shape index (κ3) is 7.48. The van der Waals surface area contributed by atoms with Crippen LogP contribution in [0.2, 0.25) is 0 Å². The quantitative estimate of drug-likeness (QED) is 0.413. The Labute approximate surface area is 154 Å². The van der Waals surface area contributed by atoms with Crippen LogP contribution in [0.15, 0.2) is 24.3 Å². The maximum atomic E-state index is 11.1. The number of carboxylic acid groups (broad SMARTS) is 2. The number of rotatable bonds is 8. The van der Waals surface area contributed by atoms with Crippen molar-refractivity contribution in [2.75, 3.05) is 19.8 Å². The van der Waals surface area contributed by atoms with Crippen LogP contribution in [0.3, 0.4) is 0 Å². The first-order valence-electron chi connectivity index (χ1n) is 7.18. The van der Waals surface area contributed by atoms with Gasteiger partial charge in [0.05, 0.1) is 18.5 Å². The van der Waals surface area contributed by atoms with Crippen molar-refractivity contribution in [3.8, 4) is 0 Å². The lowest BCUT2D eigenvalue weighted by molar-refractivity contribution is -0.317. The minimum absolute atomic E-state index is 0.107. The first-order chi connectivity index (χ1) is 11.5. The van der Waals surface area contributed by atoms with Crippen LogP contribution in [0.5, 0.6) is 0 Å². The Morgan fingerprint density at radius 3 is 1.44 bits per heavy atom. The molecule has 2 N–H and O–H groups in total. The zero-order chi connectivity index (χ0) is 19.7. The number of carbonyl (C=O) groups is 2. The smallest absolute Gasteiger partial charge is 0.380 e. The number of halogens is 2. The van der Waals surface area contributed by atoms with Crippen LogP contribution < -0.4 is 10.2 Å². The standard InChI is InChI=1S/C12H16O6.C2H5Cl2O2P/c13-7-5-11(9(15)16)1-2-12(4-3-11,6-8-14)10(17)18;1-2-6-7(3,4)5/h1-4,13-14H,5-8H2,(H,15,16)(H,17,18);2H2,1H3/p-2. The fourth-order valence-electron chi connectivity index (χ4n) is 2.04. The van der Waals surface area contributed by atoms with E-state index in [0.29, 0.717) is 0 Å². The van der Waals surface area contributed by atoms with Gasteiger partial charge in [-0.2, -0.15) is 0 Å². The van der Waals surface area contributed by atoms with Crippen LogP contribution in [0.4, 0.5) is 0 Å². The molecular weight excluding hydrogens is 398 g/mol. The molecule has 0 amide bonds. The van der Waals surface area contributed by atoms with Gasteiger partial charge in [0.1, 0.15) is 0 Å². The van der Waals surface area contributed by atoms with Gasteiger partial charge in [0.25, 0.3) is 0 Å². The van der Waals surface area contributed by atoms with Gasteiger partial charge in [-0.1, -0.05) is 24.3 Å². The molecule has 0 unspecified atom stereocenters. The summed E-state index contributed by atoms with van der Waals surface area (Å²) in [4.78, 5) is 22.1.